The molecule has 0 aliphatic carbocycles. The van der Waals surface area contributed by atoms with E-state index in [2.05, 4.69) is 17.1 Å². The highest BCUT2D eigenvalue weighted by atomic mass is 19.1. The average molecular weight is 267 g/mol. The molecular formula is C15H19F2NO. The summed E-state index contributed by atoms with van der Waals surface area (Å²) in [5, 5.41) is 0. The summed E-state index contributed by atoms with van der Waals surface area (Å²) in [5.74, 6) is -0.855. The molecule has 2 rings (SSSR count). The maximum atomic E-state index is 13.3. The fourth-order valence-corrected chi connectivity index (χ4v) is 2.08. The largest absolute Gasteiger partial charge is 0.493 e. The molecule has 0 unspecified atom stereocenters. The Balaban J connectivity index is 1.75. The molecule has 4 heteroatoms. The minimum atomic E-state index is -0.559. The van der Waals surface area contributed by atoms with Crippen molar-refractivity contribution in [2.75, 3.05) is 26.2 Å². The van der Waals surface area contributed by atoms with E-state index in [4.69, 9.17) is 4.74 Å². The quantitative estimate of drug-likeness (QED) is 0.599. The summed E-state index contributed by atoms with van der Waals surface area (Å²) < 4.78 is 32.0. The second-order valence-corrected chi connectivity index (χ2v) is 4.77. The zero-order chi connectivity index (χ0) is 13.7. The van der Waals surface area contributed by atoms with Gasteiger partial charge in [-0.05, 0) is 19.8 Å². The highest BCUT2D eigenvalue weighted by Gasteiger charge is 2.08. The minimum Gasteiger partial charge on any atom is -0.493 e. The first-order valence-corrected chi connectivity index (χ1v) is 6.62. The van der Waals surface area contributed by atoms with Gasteiger partial charge in [0, 0.05) is 37.3 Å². The Morgan fingerprint density at radius 3 is 2.58 bits per heavy atom. The van der Waals surface area contributed by atoms with E-state index in [1.807, 2.05) is 0 Å². The topological polar surface area (TPSA) is 12.5 Å². The Morgan fingerprint density at radius 1 is 1.21 bits per heavy atom. The van der Waals surface area contributed by atoms with Gasteiger partial charge in [-0.15, -0.1) is 0 Å². The Morgan fingerprint density at radius 2 is 1.95 bits per heavy atom. The molecule has 1 aromatic carbocycles. The molecule has 0 N–H and O–H groups in total. The van der Waals surface area contributed by atoms with Crippen molar-refractivity contribution in [3.63, 3.8) is 0 Å². The van der Waals surface area contributed by atoms with Crippen LogP contribution in [0.3, 0.4) is 0 Å². The molecule has 0 radical (unpaired) electrons. The van der Waals surface area contributed by atoms with Crippen LogP contribution in [0.1, 0.15) is 18.4 Å². The summed E-state index contributed by atoms with van der Waals surface area (Å²) in [6.07, 6.45) is 6.29. The van der Waals surface area contributed by atoms with Crippen molar-refractivity contribution in [2.45, 2.75) is 19.8 Å². The van der Waals surface area contributed by atoms with E-state index in [0.29, 0.717) is 6.61 Å². The van der Waals surface area contributed by atoms with Gasteiger partial charge in [-0.2, -0.15) is 0 Å². The predicted octanol–water partition coefficient (Wildman–Crippen LogP) is 3.30. The first-order chi connectivity index (χ1) is 9.16. The van der Waals surface area contributed by atoms with Gasteiger partial charge in [0.15, 0.2) is 0 Å². The van der Waals surface area contributed by atoms with Gasteiger partial charge in [-0.1, -0.05) is 12.2 Å². The number of halogens is 2. The molecule has 0 saturated carbocycles. The SMILES string of the molecule is Cc1c(F)cc(OCCCN2CC=CCC2)cc1F. The highest BCUT2D eigenvalue weighted by Crippen LogP contribution is 2.19. The summed E-state index contributed by atoms with van der Waals surface area (Å²) >= 11 is 0. The fourth-order valence-electron chi connectivity index (χ4n) is 2.08. The Labute approximate surface area is 112 Å². The van der Waals surface area contributed by atoms with Crippen molar-refractivity contribution < 1.29 is 13.5 Å². The van der Waals surface area contributed by atoms with Crippen LogP contribution in [-0.2, 0) is 0 Å². The third-order valence-electron chi connectivity index (χ3n) is 3.28. The Kier molecular flexibility index (Phi) is 4.91. The molecule has 0 atom stereocenters. The van der Waals surface area contributed by atoms with Gasteiger partial charge >= 0.3 is 0 Å². The van der Waals surface area contributed by atoms with Crippen molar-refractivity contribution >= 4 is 0 Å². The Hall–Kier alpha value is -1.42. The van der Waals surface area contributed by atoms with Crippen molar-refractivity contribution in [2.24, 2.45) is 0 Å². The molecule has 0 amide bonds. The summed E-state index contributed by atoms with van der Waals surface area (Å²) in [6, 6.07) is 2.48. The van der Waals surface area contributed by atoms with E-state index in [0.717, 1.165) is 32.5 Å². The third-order valence-corrected chi connectivity index (χ3v) is 3.28. The normalized spacial score (nSPS) is 15.7. The maximum absolute atomic E-state index is 13.3. The number of nitrogens with zero attached hydrogens (tertiary/aromatic N) is 1. The van der Waals surface area contributed by atoms with E-state index in [-0.39, 0.29) is 11.3 Å². The minimum absolute atomic E-state index is 0.0347. The number of rotatable bonds is 5. The molecule has 0 aromatic heterocycles. The molecule has 104 valence electrons. The number of benzene rings is 1. The lowest BCUT2D eigenvalue weighted by Crippen LogP contribution is -2.29. The summed E-state index contributed by atoms with van der Waals surface area (Å²) in [6.45, 7) is 4.89. The predicted molar refractivity (Wildman–Crippen MR) is 71.4 cm³/mol. The van der Waals surface area contributed by atoms with Crippen LogP contribution >= 0.6 is 0 Å². The summed E-state index contributed by atoms with van der Waals surface area (Å²) in [5.41, 5.74) is 0.0347. The molecule has 0 fully saturated rings. The van der Waals surface area contributed by atoms with Crippen molar-refractivity contribution in [1.82, 2.24) is 4.90 Å². The molecule has 1 aromatic rings. The van der Waals surface area contributed by atoms with Crippen LogP contribution in [-0.4, -0.2) is 31.1 Å². The first-order valence-electron chi connectivity index (χ1n) is 6.62. The van der Waals surface area contributed by atoms with Gasteiger partial charge in [0.05, 0.1) is 6.61 Å². The van der Waals surface area contributed by atoms with Gasteiger partial charge < -0.3 is 4.74 Å². The second kappa shape index (κ2) is 6.66. The van der Waals surface area contributed by atoms with Crippen LogP contribution in [0.4, 0.5) is 8.78 Å². The van der Waals surface area contributed by atoms with Crippen LogP contribution < -0.4 is 4.74 Å². The van der Waals surface area contributed by atoms with Gasteiger partial charge in [-0.25, -0.2) is 8.78 Å². The smallest absolute Gasteiger partial charge is 0.132 e. The van der Waals surface area contributed by atoms with Crippen LogP contribution in [0.2, 0.25) is 0 Å². The second-order valence-electron chi connectivity index (χ2n) is 4.77. The maximum Gasteiger partial charge on any atom is 0.132 e. The highest BCUT2D eigenvalue weighted by molar-refractivity contribution is 5.29. The lowest BCUT2D eigenvalue weighted by atomic mass is 10.2. The van der Waals surface area contributed by atoms with Crippen molar-refractivity contribution in [3.05, 3.63) is 41.5 Å². The molecular weight excluding hydrogens is 248 g/mol. The number of hydrogen-bond donors (Lipinski definition) is 0. The van der Waals surface area contributed by atoms with E-state index in [9.17, 15) is 8.78 Å². The van der Waals surface area contributed by atoms with E-state index < -0.39 is 11.6 Å². The van der Waals surface area contributed by atoms with E-state index in [1.165, 1.54) is 19.1 Å². The van der Waals surface area contributed by atoms with Gasteiger partial charge in [0.25, 0.3) is 0 Å². The van der Waals surface area contributed by atoms with Crippen molar-refractivity contribution in [1.29, 1.82) is 0 Å². The van der Waals surface area contributed by atoms with Crippen LogP contribution in [0, 0.1) is 18.6 Å². The van der Waals surface area contributed by atoms with E-state index >= 15 is 0 Å². The summed E-state index contributed by atoms with van der Waals surface area (Å²) in [7, 11) is 0. The molecule has 2 nitrogen and oxygen atoms in total. The van der Waals surface area contributed by atoms with Crippen LogP contribution in [0.25, 0.3) is 0 Å². The molecule has 19 heavy (non-hydrogen) atoms. The lowest BCUT2D eigenvalue weighted by molar-refractivity contribution is 0.246. The third kappa shape index (κ3) is 4.03. The van der Waals surface area contributed by atoms with Crippen LogP contribution in [0.5, 0.6) is 5.75 Å². The zero-order valence-electron chi connectivity index (χ0n) is 11.2. The average Bonchev–Trinajstić information content (AvgIpc) is 2.42. The van der Waals surface area contributed by atoms with Crippen molar-refractivity contribution in [3.8, 4) is 5.75 Å². The summed E-state index contributed by atoms with van der Waals surface area (Å²) in [4.78, 5) is 2.33. The molecule has 1 heterocycles. The molecule has 1 aliphatic heterocycles. The lowest BCUT2D eigenvalue weighted by Gasteiger charge is -2.22. The number of ether oxygens (including phenoxy) is 1. The molecule has 0 bridgehead atoms. The fraction of sp³-hybridized carbons (Fsp3) is 0.467. The number of hydrogen-bond acceptors (Lipinski definition) is 2. The first kappa shape index (κ1) is 14.0. The van der Waals surface area contributed by atoms with E-state index in [1.54, 1.807) is 0 Å². The molecule has 0 spiro atoms. The monoisotopic (exact) mass is 267 g/mol. The molecule has 1 aliphatic rings. The van der Waals surface area contributed by atoms with Gasteiger partial charge in [0.2, 0.25) is 0 Å². The molecule has 0 saturated heterocycles. The van der Waals surface area contributed by atoms with Gasteiger partial charge in [-0.3, -0.25) is 4.90 Å². The Bertz CT molecular complexity index is 436. The zero-order valence-corrected chi connectivity index (χ0v) is 11.2. The van der Waals surface area contributed by atoms with Crippen LogP contribution in [0.15, 0.2) is 24.3 Å². The van der Waals surface area contributed by atoms with Gasteiger partial charge in [0.1, 0.15) is 17.4 Å². The standard InChI is InChI=1S/C15H19F2NO/c1-12-14(16)10-13(11-15(12)17)19-9-5-8-18-6-3-2-4-7-18/h2-3,10-11H,4-9H2,1H3.